The lowest BCUT2D eigenvalue weighted by Gasteiger charge is -2.21. The Morgan fingerprint density at radius 3 is 2.86 bits per heavy atom. The van der Waals surface area contributed by atoms with Crippen molar-refractivity contribution in [1.82, 2.24) is 4.90 Å². The molecule has 0 saturated carbocycles. The van der Waals surface area contributed by atoms with Gasteiger partial charge in [-0.15, -0.1) is 0 Å². The summed E-state index contributed by atoms with van der Waals surface area (Å²) in [6.45, 7) is 4.77. The minimum atomic E-state index is -0.0196. The Morgan fingerprint density at radius 1 is 1.64 bits per heavy atom. The minimum Gasteiger partial charge on any atom is -0.392 e. The third-order valence-corrected chi connectivity index (χ3v) is 2.23. The third-order valence-electron chi connectivity index (χ3n) is 2.10. The largest absolute Gasteiger partial charge is 0.392 e. The number of carbonyl (C=O) groups is 1. The Kier molecular flexibility index (Phi) is 3.83. The molecule has 0 aromatic carbocycles. The molecule has 1 rings (SSSR count). The Bertz CT molecular complexity index is 245. The molecule has 1 amide bonds. The van der Waals surface area contributed by atoms with Crippen LogP contribution >= 0.6 is 12.2 Å². The van der Waals surface area contributed by atoms with E-state index in [1.54, 1.807) is 4.90 Å². The summed E-state index contributed by atoms with van der Waals surface area (Å²) in [4.78, 5) is 13.6. The molecule has 0 spiro atoms. The van der Waals surface area contributed by atoms with Crippen LogP contribution in [0.3, 0.4) is 0 Å². The molecule has 2 atom stereocenters. The van der Waals surface area contributed by atoms with Crippen LogP contribution in [0.1, 0.15) is 20.3 Å². The standard InChI is InChI=1S/C9H16N2O2S/c1-6-3-9(12)11(5-8(10)14)4-7(2)13-6/h6-7H,3-5H2,1-2H3,(H2,10,14). The second kappa shape index (κ2) is 4.70. The van der Waals surface area contributed by atoms with Gasteiger partial charge in [-0.1, -0.05) is 12.2 Å². The van der Waals surface area contributed by atoms with Crippen molar-refractivity contribution in [1.29, 1.82) is 0 Å². The molecule has 5 heteroatoms. The van der Waals surface area contributed by atoms with Gasteiger partial charge in [0.05, 0.1) is 30.2 Å². The van der Waals surface area contributed by atoms with Crippen molar-refractivity contribution in [2.75, 3.05) is 13.1 Å². The van der Waals surface area contributed by atoms with Crippen molar-refractivity contribution in [3.05, 3.63) is 0 Å². The van der Waals surface area contributed by atoms with Gasteiger partial charge in [0.15, 0.2) is 0 Å². The van der Waals surface area contributed by atoms with E-state index in [0.29, 0.717) is 24.5 Å². The molecule has 1 fully saturated rings. The van der Waals surface area contributed by atoms with Crippen LogP contribution in [0.4, 0.5) is 0 Å². The van der Waals surface area contributed by atoms with Crippen molar-refractivity contribution in [3.8, 4) is 0 Å². The molecule has 1 aliphatic rings. The Balaban J connectivity index is 2.64. The maximum Gasteiger partial charge on any atom is 0.225 e. The number of hydrogen-bond acceptors (Lipinski definition) is 3. The normalized spacial score (nSPS) is 28.7. The van der Waals surface area contributed by atoms with Gasteiger partial charge >= 0.3 is 0 Å². The van der Waals surface area contributed by atoms with Crippen LogP contribution < -0.4 is 5.73 Å². The molecule has 0 aromatic heterocycles. The van der Waals surface area contributed by atoms with Crippen LogP contribution in [0.25, 0.3) is 0 Å². The van der Waals surface area contributed by atoms with Gasteiger partial charge < -0.3 is 15.4 Å². The summed E-state index contributed by atoms with van der Waals surface area (Å²) in [6.07, 6.45) is 0.437. The van der Waals surface area contributed by atoms with E-state index in [0.717, 1.165) is 0 Å². The molecule has 1 heterocycles. The van der Waals surface area contributed by atoms with Crippen LogP contribution in [0.2, 0.25) is 0 Å². The van der Waals surface area contributed by atoms with Crippen molar-refractivity contribution < 1.29 is 9.53 Å². The quantitative estimate of drug-likeness (QED) is 0.674. The van der Waals surface area contributed by atoms with E-state index in [1.807, 2.05) is 13.8 Å². The van der Waals surface area contributed by atoms with Gasteiger partial charge in [0.25, 0.3) is 0 Å². The molecule has 0 radical (unpaired) electrons. The maximum atomic E-state index is 11.6. The zero-order chi connectivity index (χ0) is 10.7. The van der Waals surface area contributed by atoms with Crippen LogP contribution in [-0.4, -0.2) is 41.1 Å². The Morgan fingerprint density at radius 2 is 2.29 bits per heavy atom. The molecule has 4 nitrogen and oxygen atoms in total. The van der Waals surface area contributed by atoms with E-state index in [9.17, 15) is 4.79 Å². The van der Waals surface area contributed by atoms with E-state index in [1.165, 1.54) is 0 Å². The summed E-state index contributed by atoms with van der Waals surface area (Å²) in [5.41, 5.74) is 5.41. The highest BCUT2D eigenvalue weighted by atomic mass is 32.1. The van der Waals surface area contributed by atoms with E-state index >= 15 is 0 Å². The molecule has 0 aromatic rings. The Labute approximate surface area is 89.4 Å². The maximum absolute atomic E-state index is 11.6. The number of hydrogen-bond donors (Lipinski definition) is 1. The van der Waals surface area contributed by atoms with Crippen LogP contribution in [0.15, 0.2) is 0 Å². The van der Waals surface area contributed by atoms with Gasteiger partial charge in [0.1, 0.15) is 0 Å². The van der Waals surface area contributed by atoms with Gasteiger partial charge in [0.2, 0.25) is 5.91 Å². The number of amides is 1. The fourth-order valence-electron chi connectivity index (χ4n) is 1.62. The first-order valence-corrected chi connectivity index (χ1v) is 5.11. The summed E-state index contributed by atoms with van der Waals surface area (Å²) in [7, 11) is 0. The molecule has 0 aliphatic carbocycles. The first-order chi connectivity index (χ1) is 6.49. The first kappa shape index (κ1) is 11.4. The molecule has 14 heavy (non-hydrogen) atoms. The number of carbonyl (C=O) groups excluding carboxylic acids is 1. The summed E-state index contributed by atoms with van der Waals surface area (Å²) >= 11 is 4.78. The number of rotatable bonds is 2. The number of nitrogens with two attached hydrogens (primary N) is 1. The molecule has 0 bridgehead atoms. The van der Waals surface area contributed by atoms with Crippen LogP contribution in [-0.2, 0) is 9.53 Å². The van der Waals surface area contributed by atoms with Gasteiger partial charge in [-0.2, -0.15) is 0 Å². The Hall–Kier alpha value is -0.680. The molecule has 1 saturated heterocycles. The molecule has 1 aliphatic heterocycles. The minimum absolute atomic E-state index is 0.0196. The van der Waals surface area contributed by atoms with Crippen molar-refractivity contribution in [2.24, 2.45) is 5.73 Å². The highest BCUT2D eigenvalue weighted by Crippen LogP contribution is 2.12. The monoisotopic (exact) mass is 216 g/mol. The topological polar surface area (TPSA) is 55.6 Å². The SMILES string of the molecule is CC1CC(=O)N(CC(N)=S)CC(C)O1. The smallest absolute Gasteiger partial charge is 0.225 e. The van der Waals surface area contributed by atoms with Gasteiger partial charge in [-0.25, -0.2) is 0 Å². The van der Waals surface area contributed by atoms with Gasteiger partial charge in [-0.3, -0.25) is 4.79 Å². The highest BCUT2D eigenvalue weighted by Gasteiger charge is 2.25. The molecular formula is C9H16N2O2S. The van der Waals surface area contributed by atoms with Crippen molar-refractivity contribution >= 4 is 23.1 Å². The zero-order valence-corrected chi connectivity index (χ0v) is 9.34. The number of thiocarbonyl (C=S) groups is 1. The predicted octanol–water partition coefficient (Wildman–Crippen LogP) is 0.298. The van der Waals surface area contributed by atoms with Crippen LogP contribution in [0, 0.1) is 0 Å². The lowest BCUT2D eigenvalue weighted by atomic mass is 10.2. The van der Waals surface area contributed by atoms with Crippen molar-refractivity contribution in [2.45, 2.75) is 32.5 Å². The average molecular weight is 216 g/mol. The summed E-state index contributed by atoms with van der Waals surface area (Å²) in [5.74, 6) is 0.0645. The summed E-state index contributed by atoms with van der Waals surface area (Å²) in [6, 6.07) is 0. The predicted molar refractivity (Wildman–Crippen MR) is 58.0 cm³/mol. The lowest BCUT2D eigenvalue weighted by Crippen LogP contribution is -2.40. The van der Waals surface area contributed by atoms with E-state index in [4.69, 9.17) is 22.7 Å². The molecule has 80 valence electrons. The number of nitrogens with zero attached hydrogens (tertiary/aromatic N) is 1. The molecule has 2 unspecified atom stereocenters. The molecule has 2 N–H and O–H groups in total. The van der Waals surface area contributed by atoms with Gasteiger partial charge in [-0.05, 0) is 13.8 Å². The summed E-state index contributed by atoms with van der Waals surface area (Å²) in [5, 5.41) is 0. The van der Waals surface area contributed by atoms with Crippen LogP contribution in [0.5, 0.6) is 0 Å². The zero-order valence-electron chi connectivity index (χ0n) is 8.53. The second-order valence-corrected chi connectivity index (χ2v) is 4.23. The average Bonchev–Trinajstić information content (AvgIpc) is 2.10. The highest BCUT2D eigenvalue weighted by molar-refractivity contribution is 7.80. The third kappa shape index (κ3) is 3.23. The molecular weight excluding hydrogens is 200 g/mol. The fourth-order valence-corrected chi connectivity index (χ4v) is 1.77. The first-order valence-electron chi connectivity index (χ1n) is 4.70. The number of ether oxygens (including phenoxy) is 1. The summed E-state index contributed by atoms with van der Waals surface area (Å²) < 4.78 is 5.55. The lowest BCUT2D eigenvalue weighted by molar-refractivity contribution is -0.130. The van der Waals surface area contributed by atoms with Crippen molar-refractivity contribution in [3.63, 3.8) is 0 Å². The van der Waals surface area contributed by atoms with E-state index in [-0.39, 0.29) is 18.1 Å². The van der Waals surface area contributed by atoms with E-state index in [2.05, 4.69) is 0 Å². The van der Waals surface area contributed by atoms with Gasteiger partial charge in [0, 0.05) is 6.54 Å². The fraction of sp³-hybridized carbons (Fsp3) is 0.778. The van der Waals surface area contributed by atoms with E-state index < -0.39 is 0 Å². The second-order valence-electron chi connectivity index (χ2n) is 3.70.